The highest BCUT2D eigenvalue weighted by molar-refractivity contribution is 5.94. The van der Waals surface area contributed by atoms with Gasteiger partial charge in [-0.15, -0.1) is 12.4 Å². The molecule has 0 heterocycles. The summed E-state index contributed by atoms with van der Waals surface area (Å²) in [7, 11) is 0. The van der Waals surface area contributed by atoms with Crippen LogP contribution in [-0.4, -0.2) is 24.5 Å². The second-order valence-electron chi connectivity index (χ2n) is 6.33. The Hall–Kier alpha value is -2.00. The first-order chi connectivity index (χ1) is 12.3. The smallest absolute Gasteiger partial charge is 0.335 e. The summed E-state index contributed by atoms with van der Waals surface area (Å²) in [6.45, 7) is -0.429. The predicted molar refractivity (Wildman–Crippen MR) is 98.6 cm³/mol. The molecule has 6 nitrogen and oxygen atoms in total. The molecule has 0 aromatic heterocycles. The van der Waals surface area contributed by atoms with Crippen LogP contribution in [0.15, 0.2) is 18.2 Å². The number of anilines is 1. The first kappa shape index (κ1) is 23.0. The molecule has 0 radical (unpaired) electrons. The molecule has 1 aromatic rings. The largest absolute Gasteiger partial charge is 0.416 e. The number of carbonyl (C=O) groups is 2. The van der Waals surface area contributed by atoms with E-state index in [0.717, 1.165) is 44.2 Å². The van der Waals surface area contributed by atoms with E-state index in [9.17, 15) is 22.8 Å². The average Bonchev–Trinajstić information content (AvgIpc) is 2.60. The number of nitrogens with one attached hydrogen (secondary N) is 3. The van der Waals surface area contributed by atoms with Crippen LogP contribution in [0.1, 0.15) is 43.2 Å². The molecule has 152 valence electrons. The van der Waals surface area contributed by atoms with Crippen LogP contribution in [0.4, 0.5) is 23.7 Å². The van der Waals surface area contributed by atoms with Gasteiger partial charge >= 0.3 is 12.2 Å². The number of carbonyl (C=O) groups excluding carboxylic acids is 2. The van der Waals surface area contributed by atoms with E-state index in [1.807, 2.05) is 0 Å². The molecule has 1 fully saturated rings. The topological polar surface area (TPSA) is 96.2 Å². The van der Waals surface area contributed by atoms with Gasteiger partial charge in [0.2, 0.25) is 5.91 Å². The third-order valence-corrected chi connectivity index (χ3v) is 4.19. The van der Waals surface area contributed by atoms with E-state index in [1.165, 1.54) is 6.07 Å². The number of halogens is 4. The van der Waals surface area contributed by atoms with Crippen molar-refractivity contribution in [3.63, 3.8) is 0 Å². The lowest BCUT2D eigenvalue weighted by molar-refractivity contribution is -0.137. The number of hydrogen-bond acceptors (Lipinski definition) is 3. The Balaban J connectivity index is 0.00000364. The standard InChI is InChI=1S/C17H23F3N4O2.ClH/c18-17(19,20)12-6-11(9-21)7-14(8-12)23-15(25)10-22-16(26)24-13-4-2-1-3-5-13;/h6-8,13H,1-5,9-10,21H2,(H,23,25)(H2,22,24,26);1H. The fraction of sp³-hybridized carbons (Fsp3) is 0.529. The normalized spacial score (nSPS) is 14.8. The highest BCUT2D eigenvalue weighted by atomic mass is 35.5. The molecule has 0 saturated heterocycles. The van der Waals surface area contributed by atoms with Crippen molar-refractivity contribution in [1.82, 2.24) is 10.6 Å². The van der Waals surface area contributed by atoms with Gasteiger partial charge in [0.15, 0.2) is 0 Å². The van der Waals surface area contributed by atoms with Crippen LogP contribution in [-0.2, 0) is 17.5 Å². The van der Waals surface area contributed by atoms with Crippen molar-refractivity contribution < 1.29 is 22.8 Å². The molecule has 1 saturated carbocycles. The van der Waals surface area contributed by atoms with E-state index in [4.69, 9.17) is 5.73 Å². The maximum absolute atomic E-state index is 12.9. The molecule has 10 heteroatoms. The van der Waals surface area contributed by atoms with Gasteiger partial charge in [0.05, 0.1) is 12.1 Å². The quantitative estimate of drug-likeness (QED) is 0.602. The van der Waals surface area contributed by atoms with E-state index < -0.39 is 23.7 Å². The summed E-state index contributed by atoms with van der Waals surface area (Å²) < 4.78 is 38.6. The summed E-state index contributed by atoms with van der Waals surface area (Å²) in [5.74, 6) is -0.619. The van der Waals surface area contributed by atoms with Crippen molar-refractivity contribution in [2.75, 3.05) is 11.9 Å². The molecule has 1 aliphatic rings. The Bertz CT molecular complexity index is 650. The van der Waals surface area contributed by atoms with Gasteiger partial charge in [0, 0.05) is 18.3 Å². The van der Waals surface area contributed by atoms with Crippen molar-refractivity contribution in [2.45, 2.75) is 50.9 Å². The number of alkyl halides is 3. The van der Waals surface area contributed by atoms with Gasteiger partial charge in [-0.1, -0.05) is 19.3 Å². The molecule has 2 rings (SSSR count). The summed E-state index contributed by atoms with van der Waals surface area (Å²) in [6, 6.07) is 2.78. The van der Waals surface area contributed by atoms with Gasteiger partial charge in [0.1, 0.15) is 0 Å². The molecule has 1 aromatic carbocycles. The van der Waals surface area contributed by atoms with Crippen molar-refractivity contribution in [1.29, 1.82) is 0 Å². The maximum atomic E-state index is 12.9. The third-order valence-electron chi connectivity index (χ3n) is 4.19. The van der Waals surface area contributed by atoms with Crippen molar-refractivity contribution in [3.8, 4) is 0 Å². The zero-order valence-electron chi connectivity index (χ0n) is 14.7. The molecule has 0 unspecified atom stereocenters. The van der Waals surface area contributed by atoms with Gasteiger partial charge in [-0.3, -0.25) is 4.79 Å². The van der Waals surface area contributed by atoms with Gasteiger partial charge in [0.25, 0.3) is 0 Å². The third kappa shape index (κ3) is 7.64. The first-order valence-electron chi connectivity index (χ1n) is 8.53. The number of amides is 3. The minimum Gasteiger partial charge on any atom is -0.335 e. The molecule has 0 atom stereocenters. The second-order valence-corrected chi connectivity index (χ2v) is 6.33. The van der Waals surface area contributed by atoms with Crippen LogP contribution in [0, 0.1) is 0 Å². The lowest BCUT2D eigenvalue weighted by atomic mass is 9.96. The van der Waals surface area contributed by atoms with Gasteiger partial charge in [-0.2, -0.15) is 13.2 Å². The van der Waals surface area contributed by atoms with Crippen LogP contribution < -0.4 is 21.7 Å². The minimum atomic E-state index is -4.54. The highest BCUT2D eigenvalue weighted by Crippen LogP contribution is 2.32. The number of benzene rings is 1. The number of hydrogen-bond donors (Lipinski definition) is 4. The Kier molecular flexibility index (Phi) is 8.84. The Morgan fingerprint density at radius 2 is 1.78 bits per heavy atom. The van der Waals surface area contributed by atoms with Crippen molar-refractivity contribution in [2.24, 2.45) is 5.73 Å². The molecule has 3 amide bonds. The SMILES string of the molecule is Cl.NCc1cc(NC(=O)CNC(=O)NC2CCCCC2)cc(C(F)(F)F)c1. The van der Waals surface area contributed by atoms with Crippen LogP contribution in [0.2, 0.25) is 0 Å². The van der Waals surface area contributed by atoms with E-state index in [-0.39, 0.29) is 42.8 Å². The van der Waals surface area contributed by atoms with Crippen LogP contribution in [0.5, 0.6) is 0 Å². The van der Waals surface area contributed by atoms with Gasteiger partial charge in [-0.05, 0) is 36.6 Å². The summed E-state index contributed by atoms with van der Waals surface area (Å²) in [5, 5.41) is 7.56. The van der Waals surface area contributed by atoms with E-state index in [2.05, 4.69) is 16.0 Å². The monoisotopic (exact) mass is 408 g/mol. The number of rotatable bonds is 5. The number of nitrogens with two attached hydrogens (primary N) is 1. The number of urea groups is 1. The van der Waals surface area contributed by atoms with Crippen LogP contribution in [0.25, 0.3) is 0 Å². The molecular weight excluding hydrogens is 385 g/mol. The van der Waals surface area contributed by atoms with Crippen LogP contribution >= 0.6 is 12.4 Å². The lowest BCUT2D eigenvalue weighted by Gasteiger charge is -2.22. The Morgan fingerprint density at radius 3 is 2.37 bits per heavy atom. The van der Waals surface area contributed by atoms with Crippen molar-refractivity contribution in [3.05, 3.63) is 29.3 Å². The Labute approximate surface area is 161 Å². The maximum Gasteiger partial charge on any atom is 0.416 e. The van der Waals surface area contributed by atoms with Crippen LogP contribution in [0.3, 0.4) is 0 Å². The average molecular weight is 409 g/mol. The lowest BCUT2D eigenvalue weighted by Crippen LogP contribution is -2.45. The molecule has 27 heavy (non-hydrogen) atoms. The van der Waals surface area contributed by atoms with Gasteiger partial charge in [-0.25, -0.2) is 4.79 Å². The molecule has 5 N–H and O–H groups in total. The summed E-state index contributed by atoms with van der Waals surface area (Å²) in [6.07, 6.45) is 0.555. The summed E-state index contributed by atoms with van der Waals surface area (Å²) in [5.41, 5.74) is 4.75. The molecular formula is C17H24ClF3N4O2. The zero-order valence-corrected chi connectivity index (χ0v) is 15.5. The Morgan fingerprint density at radius 1 is 1.11 bits per heavy atom. The molecule has 0 bridgehead atoms. The van der Waals surface area contributed by atoms with E-state index in [1.54, 1.807) is 0 Å². The van der Waals surface area contributed by atoms with E-state index >= 15 is 0 Å². The van der Waals surface area contributed by atoms with Gasteiger partial charge < -0.3 is 21.7 Å². The van der Waals surface area contributed by atoms with E-state index in [0.29, 0.717) is 0 Å². The first-order valence-corrected chi connectivity index (χ1v) is 8.53. The minimum absolute atomic E-state index is 0. The molecule has 1 aliphatic carbocycles. The highest BCUT2D eigenvalue weighted by Gasteiger charge is 2.31. The molecule has 0 aliphatic heterocycles. The summed E-state index contributed by atoms with van der Waals surface area (Å²) >= 11 is 0. The molecule has 0 spiro atoms. The van der Waals surface area contributed by atoms with Crippen molar-refractivity contribution >= 4 is 30.0 Å². The summed E-state index contributed by atoms with van der Waals surface area (Å²) in [4.78, 5) is 23.7. The zero-order chi connectivity index (χ0) is 19.2. The predicted octanol–water partition coefficient (Wildman–Crippen LogP) is 3.16. The fourth-order valence-corrected chi connectivity index (χ4v) is 2.89. The fourth-order valence-electron chi connectivity index (χ4n) is 2.89. The second kappa shape index (κ2) is 10.4.